The molecule has 0 aromatic carbocycles. The van der Waals surface area contributed by atoms with Gasteiger partial charge in [0.15, 0.2) is 12.4 Å². The molecule has 0 saturated heterocycles. The van der Waals surface area contributed by atoms with Gasteiger partial charge in [0, 0.05) is 12.5 Å². The molecule has 0 saturated carbocycles. The van der Waals surface area contributed by atoms with Crippen molar-refractivity contribution in [2.24, 2.45) is 0 Å². The van der Waals surface area contributed by atoms with Crippen molar-refractivity contribution in [1.29, 1.82) is 0 Å². The van der Waals surface area contributed by atoms with Gasteiger partial charge < -0.3 is 10.6 Å². The predicted octanol–water partition coefficient (Wildman–Crippen LogP) is 4.42. The van der Waals surface area contributed by atoms with Crippen LogP contribution in [-0.4, -0.2) is 16.6 Å². The summed E-state index contributed by atoms with van der Waals surface area (Å²) in [6.45, 7) is 3.17. The van der Waals surface area contributed by atoms with Crippen LogP contribution in [0.4, 0.5) is 0 Å². The Morgan fingerprint density at radius 2 is 1.55 bits per heavy atom. The maximum absolute atomic E-state index is 10.9. The van der Waals surface area contributed by atoms with Crippen LogP contribution in [0.5, 0.6) is 0 Å². The predicted molar refractivity (Wildman–Crippen MR) is 87.4 cm³/mol. The second-order valence-corrected chi connectivity index (χ2v) is 5.82. The summed E-state index contributed by atoms with van der Waals surface area (Å²) in [5.74, 6) is -0.854. The van der Waals surface area contributed by atoms with Gasteiger partial charge in [0.05, 0.1) is 0 Å². The number of carboxylic acids is 1. The van der Waals surface area contributed by atoms with Crippen LogP contribution in [0, 0.1) is 0 Å². The summed E-state index contributed by atoms with van der Waals surface area (Å²) >= 11 is 0. The van der Waals surface area contributed by atoms with Gasteiger partial charge >= 0.3 is 5.97 Å². The molecule has 0 fully saturated rings. The third-order valence-corrected chi connectivity index (χ3v) is 3.88. The maximum Gasteiger partial charge on any atom is 0.341 e. The van der Waals surface area contributed by atoms with Gasteiger partial charge in [0.25, 0.3) is 0 Å². The van der Waals surface area contributed by atoms with Crippen molar-refractivity contribution in [1.82, 2.24) is 0 Å². The fourth-order valence-corrected chi connectivity index (χ4v) is 2.57. The van der Waals surface area contributed by atoms with Gasteiger partial charge in [0.1, 0.15) is 12.1 Å². The summed E-state index contributed by atoms with van der Waals surface area (Å²) < 4.78 is 1.98. The minimum atomic E-state index is -0.854. The number of carboxylic acid groups (broad SMARTS) is 1. The largest absolute Gasteiger partial charge is 0.870 e. The van der Waals surface area contributed by atoms with E-state index in [4.69, 9.17) is 5.11 Å². The molecule has 22 heavy (non-hydrogen) atoms. The number of pyridine rings is 1. The highest BCUT2D eigenvalue weighted by molar-refractivity contribution is 5.86. The first-order chi connectivity index (χ1) is 10.2. The standard InChI is InChI=1S/C18H29NO2.H2O/c1-2-3-4-5-6-7-8-9-10-11-14-19-15-12-13-17(16-19)18(20)21;/h12-13,15-16H,2-11,14H2,1H3;1H2. The normalized spacial score (nSPS) is 10.2. The molecule has 4 heteroatoms. The van der Waals surface area contributed by atoms with Crippen LogP contribution in [-0.2, 0) is 6.54 Å². The number of rotatable bonds is 12. The highest BCUT2D eigenvalue weighted by Gasteiger charge is 2.08. The van der Waals surface area contributed by atoms with Crippen molar-refractivity contribution in [3.63, 3.8) is 0 Å². The summed E-state index contributed by atoms with van der Waals surface area (Å²) in [7, 11) is 0. The zero-order valence-corrected chi connectivity index (χ0v) is 13.8. The highest BCUT2D eigenvalue weighted by Crippen LogP contribution is 2.10. The highest BCUT2D eigenvalue weighted by atomic mass is 16.4. The molecule has 1 aromatic heterocycles. The summed E-state index contributed by atoms with van der Waals surface area (Å²) in [5, 5.41) is 8.94. The topological polar surface area (TPSA) is 71.2 Å². The average molecular weight is 309 g/mol. The summed E-state index contributed by atoms with van der Waals surface area (Å²) in [6.07, 6.45) is 16.9. The van der Waals surface area contributed by atoms with Gasteiger partial charge in [-0.1, -0.05) is 58.3 Å². The number of aromatic nitrogens is 1. The van der Waals surface area contributed by atoms with E-state index in [0.717, 1.165) is 13.0 Å². The molecule has 4 nitrogen and oxygen atoms in total. The Bertz CT molecular complexity index is 407. The van der Waals surface area contributed by atoms with Crippen molar-refractivity contribution in [3.05, 3.63) is 30.1 Å². The number of aromatic carboxylic acids is 1. The molecule has 0 atom stereocenters. The molecule has 0 aliphatic heterocycles. The molecular formula is C18H31NO3. The van der Waals surface area contributed by atoms with Crippen LogP contribution in [0.25, 0.3) is 0 Å². The van der Waals surface area contributed by atoms with Crippen LogP contribution < -0.4 is 4.57 Å². The molecule has 0 bridgehead atoms. The number of aryl methyl sites for hydroxylation is 1. The van der Waals surface area contributed by atoms with E-state index in [1.165, 1.54) is 57.8 Å². The maximum atomic E-state index is 10.9. The van der Waals surface area contributed by atoms with E-state index in [1.807, 2.05) is 10.8 Å². The molecule has 0 radical (unpaired) electrons. The number of unbranched alkanes of at least 4 members (excludes halogenated alkanes) is 9. The molecular weight excluding hydrogens is 278 g/mol. The Labute approximate surface area is 134 Å². The molecule has 0 aliphatic rings. The van der Waals surface area contributed by atoms with Crippen molar-refractivity contribution in [2.75, 3.05) is 0 Å². The summed E-state index contributed by atoms with van der Waals surface area (Å²) in [5.41, 5.74) is 0.365. The van der Waals surface area contributed by atoms with Crippen molar-refractivity contribution in [2.45, 2.75) is 77.7 Å². The molecule has 0 aliphatic carbocycles. The van der Waals surface area contributed by atoms with Crippen LogP contribution in [0.15, 0.2) is 24.5 Å². The first-order valence-corrected chi connectivity index (χ1v) is 8.46. The van der Waals surface area contributed by atoms with E-state index in [-0.39, 0.29) is 5.48 Å². The zero-order chi connectivity index (χ0) is 15.3. The minimum absolute atomic E-state index is 0. The number of hydrogen-bond donors (Lipinski definition) is 1. The van der Waals surface area contributed by atoms with E-state index >= 15 is 0 Å². The van der Waals surface area contributed by atoms with Crippen molar-refractivity contribution < 1.29 is 19.9 Å². The lowest BCUT2D eigenvalue weighted by Gasteiger charge is -2.01. The first-order valence-electron chi connectivity index (χ1n) is 8.46. The molecule has 126 valence electrons. The van der Waals surface area contributed by atoms with Gasteiger partial charge in [-0.25, -0.2) is 9.36 Å². The van der Waals surface area contributed by atoms with Gasteiger partial charge in [-0.15, -0.1) is 0 Å². The van der Waals surface area contributed by atoms with Crippen LogP contribution in [0.3, 0.4) is 0 Å². The van der Waals surface area contributed by atoms with Crippen LogP contribution in [0.2, 0.25) is 0 Å². The number of carbonyl (C=O) groups is 1. The Morgan fingerprint density at radius 3 is 2.09 bits per heavy atom. The van der Waals surface area contributed by atoms with Crippen LogP contribution >= 0.6 is 0 Å². The quantitative estimate of drug-likeness (QED) is 0.459. The SMILES string of the molecule is CCCCCCCCCCCC[n+]1cccc(C(=O)O)c1.[OH-]. The summed E-state index contributed by atoms with van der Waals surface area (Å²) in [4.78, 5) is 10.9. The fourth-order valence-electron chi connectivity index (χ4n) is 2.57. The number of hydrogen-bond acceptors (Lipinski definition) is 2. The lowest BCUT2D eigenvalue weighted by molar-refractivity contribution is -0.697. The van der Waals surface area contributed by atoms with E-state index in [1.54, 1.807) is 18.3 Å². The molecule has 2 N–H and O–H groups in total. The van der Waals surface area contributed by atoms with Gasteiger partial charge in [-0.3, -0.25) is 0 Å². The Balaban J connectivity index is 0.00000441. The van der Waals surface area contributed by atoms with Crippen LogP contribution in [0.1, 0.15) is 81.5 Å². The average Bonchev–Trinajstić information content (AvgIpc) is 2.49. The molecule has 0 amide bonds. The fraction of sp³-hybridized carbons (Fsp3) is 0.667. The Hall–Kier alpha value is -1.42. The molecule has 1 heterocycles. The van der Waals surface area contributed by atoms with E-state index in [0.29, 0.717) is 5.56 Å². The van der Waals surface area contributed by atoms with E-state index < -0.39 is 5.97 Å². The lowest BCUT2D eigenvalue weighted by Crippen LogP contribution is -2.33. The molecule has 1 rings (SSSR count). The third-order valence-electron chi connectivity index (χ3n) is 3.88. The van der Waals surface area contributed by atoms with Crippen molar-refractivity contribution >= 4 is 5.97 Å². The first kappa shape index (κ1) is 20.6. The second-order valence-electron chi connectivity index (χ2n) is 5.82. The summed E-state index contributed by atoms with van der Waals surface area (Å²) in [6, 6.07) is 3.44. The molecule has 0 spiro atoms. The minimum Gasteiger partial charge on any atom is -0.870 e. The Morgan fingerprint density at radius 1 is 1.00 bits per heavy atom. The van der Waals surface area contributed by atoms with Gasteiger partial charge in [-0.05, 0) is 12.5 Å². The second kappa shape index (κ2) is 13.3. The van der Waals surface area contributed by atoms with E-state index in [2.05, 4.69) is 6.92 Å². The monoisotopic (exact) mass is 309 g/mol. The van der Waals surface area contributed by atoms with Gasteiger partial charge in [-0.2, -0.15) is 0 Å². The third kappa shape index (κ3) is 9.50. The molecule has 1 aromatic rings. The Kier molecular flexibility index (Phi) is 12.4. The zero-order valence-electron chi connectivity index (χ0n) is 13.8. The molecule has 0 unspecified atom stereocenters. The lowest BCUT2D eigenvalue weighted by atomic mass is 10.1. The smallest absolute Gasteiger partial charge is 0.341 e. The van der Waals surface area contributed by atoms with E-state index in [9.17, 15) is 4.79 Å². The van der Waals surface area contributed by atoms with Gasteiger partial charge in [0.2, 0.25) is 0 Å². The van der Waals surface area contributed by atoms with Crippen molar-refractivity contribution in [3.8, 4) is 0 Å². The number of nitrogens with zero attached hydrogens (tertiary/aromatic N) is 1.